The molecule has 4 aliphatic carbocycles. The highest BCUT2D eigenvalue weighted by Crippen LogP contribution is 2.70. The fourth-order valence-corrected chi connectivity index (χ4v) is 8.37. The summed E-state index contributed by atoms with van der Waals surface area (Å²) in [5.74, 6) is 2.92. The Morgan fingerprint density at radius 2 is 1.68 bits per heavy atom. The number of fused-ring (bicyclic) bond motifs is 5. The van der Waals surface area contributed by atoms with E-state index < -0.39 is 0 Å². The minimum Gasteiger partial charge on any atom is -0.411 e. The first-order valence-corrected chi connectivity index (χ1v) is 10.6. The van der Waals surface area contributed by atoms with Gasteiger partial charge in [-0.1, -0.05) is 25.9 Å². The van der Waals surface area contributed by atoms with Gasteiger partial charge >= 0.3 is 0 Å². The Morgan fingerprint density at radius 3 is 2.40 bits per heavy atom. The Labute approximate surface area is 153 Å². The number of aliphatic hydroxyl groups excluding tert-OH is 1. The first kappa shape index (κ1) is 17.8. The van der Waals surface area contributed by atoms with Gasteiger partial charge in [0.05, 0.1) is 11.8 Å². The third-order valence-electron chi connectivity index (χ3n) is 10.0. The lowest BCUT2D eigenvalue weighted by Crippen LogP contribution is -2.58. The first-order chi connectivity index (χ1) is 11.7. The second-order valence-corrected chi connectivity index (χ2v) is 10.7. The van der Waals surface area contributed by atoms with Gasteiger partial charge in [-0.25, -0.2) is 0 Å². The lowest BCUT2D eigenvalue weighted by atomic mass is 9.40. The summed E-state index contributed by atoms with van der Waals surface area (Å²) in [6.07, 6.45) is 10.9. The minimum absolute atomic E-state index is 0.0808. The molecule has 4 saturated carbocycles. The van der Waals surface area contributed by atoms with Gasteiger partial charge in [-0.05, 0) is 98.7 Å². The molecule has 0 radical (unpaired) electrons. The van der Waals surface area contributed by atoms with Crippen molar-refractivity contribution in [2.24, 2.45) is 45.1 Å². The van der Waals surface area contributed by atoms with Crippen LogP contribution < -0.4 is 0 Å². The average molecular weight is 348 g/mol. The van der Waals surface area contributed by atoms with Crippen LogP contribution in [0, 0.1) is 39.9 Å². The zero-order valence-corrected chi connectivity index (χ0v) is 16.6. The largest absolute Gasteiger partial charge is 0.411 e. The van der Waals surface area contributed by atoms with E-state index in [2.05, 4.69) is 25.9 Å². The van der Waals surface area contributed by atoms with Crippen molar-refractivity contribution in [3.63, 3.8) is 0 Å². The van der Waals surface area contributed by atoms with Crippen molar-refractivity contribution in [3.8, 4) is 0 Å². The van der Waals surface area contributed by atoms with Crippen LogP contribution in [0.1, 0.15) is 85.5 Å². The molecule has 0 aromatic carbocycles. The van der Waals surface area contributed by atoms with Gasteiger partial charge in [0.2, 0.25) is 0 Å². The van der Waals surface area contributed by atoms with E-state index in [1.807, 2.05) is 6.92 Å². The van der Waals surface area contributed by atoms with Crippen LogP contribution >= 0.6 is 0 Å². The summed E-state index contributed by atoms with van der Waals surface area (Å²) in [6, 6.07) is 0. The molecule has 4 fully saturated rings. The number of nitrogens with zero attached hydrogens (tertiary/aromatic N) is 1. The normalized spacial score (nSPS) is 56.0. The fourth-order valence-electron chi connectivity index (χ4n) is 8.37. The number of hydrogen-bond donors (Lipinski definition) is 2. The Kier molecular flexibility index (Phi) is 4.07. The summed E-state index contributed by atoms with van der Waals surface area (Å²) in [7, 11) is 0. The Hall–Kier alpha value is -0.570. The highest BCUT2D eigenvalue weighted by atomic mass is 16.4. The highest BCUT2D eigenvalue weighted by Gasteiger charge is 2.63. The van der Waals surface area contributed by atoms with Crippen molar-refractivity contribution in [2.75, 3.05) is 0 Å². The third kappa shape index (κ3) is 2.30. The maximum Gasteiger partial charge on any atom is 0.0576 e. The maximum atomic E-state index is 10.3. The van der Waals surface area contributed by atoms with Gasteiger partial charge in [0.15, 0.2) is 0 Å². The fraction of sp³-hybridized carbons (Fsp3) is 0.955. The van der Waals surface area contributed by atoms with Gasteiger partial charge in [-0.15, -0.1) is 0 Å². The second-order valence-electron chi connectivity index (χ2n) is 10.7. The molecule has 2 N–H and O–H groups in total. The zero-order chi connectivity index (χ0) is 18.0. The second kappa shape index (κ2) is 5.71. The van der Waals surface area contributed by atoms with E-state index in [0.717, 1.165) is 36.3 Å². The van der Waals surface area contributed by atoms with Crippen LogP contribution in [0.4, 0.5) is 0 Å². The number of hydrogen-bond acceptors (Lipinski definition) is 3. The van der Waals surface area contributed by atoms with Crippen LogP contribution in [-0.4, -0.2) is 22.1 Å². The van der Waals surface area contributed by atoms with E-state index in [0.29, 0.717) is 22.2 Å². The monoisotopic (exact) mass is 347 g/mol. The lowest BCUT2D eigenvalue weighted by molar-refractivity contribution is -0.168. The Bertz CT molecular complexity index is 574. The van der Waals surface area contributed by atoms with Crippen molar-refractivity contribution in [2.45, 2.75) is 91.6 Å². The molecule has 4 rings (SSSR count). The van der Waals surface area contributed by atoms with E-state index in [1.165, 1.54) is 44.9 Å². The van der Waals surface area contributed by atoms with Crippen LogP contribution in [0.5, 0.6) is 0 Å². The van der Waals surface area contributed by atoms with E-state index in [4.69, 9.17) is 0 Å². The van der Waals surface area contributed by atoms with E-state index in [1.54, 1.807) is 0 Å². The molecule has 0 aliphatic heterocycles. The molecule has 0 heterocycles. The predicted molar refractivity (Wildman–Crippen MR) is 101 cm³/mol. The molecule has 142 valence electrons. The molecule has 0 aromatic heterocycles. The molecule has 0 spiro atoms. The summed E-state index contributed by atoms with van der Waals surface area (Å²) in [4.78, 5) is 0. The standard InChI is InChI=1S/C22H37NO2/c1-14(23-25)17-5-6-18-16-8-10-20(2)13-15(24)7-12-22(20,4)19(16)9-11-21(17,18)3/h15-19,24-25H,5-13H2,1-4H3/b23-14+/t15-,16+,17-,18+,19+,20+,21-,22-/m1/s1. The van der Waals surface area contributed by atoms with E-state index in [9.17, 15) is 10.3 Å². The molecule has 3 heteroatoms. The smallest absolute Gasteiger partial charge is 0.0576 e. The summed E-state index contributed by atoms with van der Waals surface area (Å²) in [5.41, 5.74) is 2.00. The predicted octanol–water partition coefficient (Wildman–Crippen LogP) is 5.25. The first-order valence-electron chi connectivity index (χ1n) is 10.6. The number of rotatable bonds is 1. The summed E-state index contributed by atoms with van der Waals surface area (Å²) in [6.45, 7) is 9.54. The highest BCUT2D eigenvalue weighted by molar-refractivity contribution is 5.84. The summed E-state index contributed by atoms with van der Waals surface area (Å²) in [5, 5.41) is 23.3. The molecule has 0 bridgehead atoms. The molecule has 25 heavy (non-hydrogen) atoms. The van der Waals surface area contributed by atoms with Gasteiger partial charge < -0.3 is 10.3 Å². The van der Waals surface area contributed by atoms with Crippen molar-refractivity contribution in [1.29, 1.82) is 0 Å². The van der Waals surface area contributed by atoms with Crippen LogP contribution in [0.3, 0.4) is 0 Å². The quantitative estimate of drug-likeness (QED) is 0.387. The van der Waals surface area contributed by atoms with Crippen LogP contribution in [0.2, 0.25) is 0 Å². The van der Waals surface area contributed by atoms with Crippen LogP contribution in [0.25, 0.3) is 0 Å². The van der Waals surface area contributed by atoms with Gasteiger partial charge in [0.1, 0.15) is 0 Å². The zero-order valence-electron chi connectivity index (χ0n) is 16.6. The molecule has 0 unspecified atom stereocenters. The number of aliphatic hydroxyl groups is 1. The van der Waals surface area contributed by atoms with Gasteiger partial charge in [-0.2, -0.15) is 0 Å². The minimum atomic E-state index is -0.0808. The van der Waals surface area contributed by atoms with E-state index in [-0.39, 0.29) is 6.10 Å². The number of oxime groups is 1. The molecular formula is C22H37NO2. The molecule has 4 aliphatic rings. The molecule has 0 saturated heterocycles. The Morgan fingerprint density at radius 1 is 0.920 bits per heavy atom. The topological polar surface area (TPSA) is 52.8 Å². The maximum absolute atomic E-state index is 10.3. The van der Waals surface area contributed by atoms with Gasteiger partial charge in [0, 0.05) is 5.92 Å². The SMILES string of the molecule is C/C(=N\O)[C@H]1CC[C@H]2[C@@H]3CC[C@@]4(C)C[C@H](O)CC[C@]4(C)[C@H]3CC[C@]12C. The van der Waals surface area contributed by atoms with Crippen molar-refractivity contribution in [3.05, 3.63) is 0 Å². The van der Waals surface area contributed by atoms with Crippen molar-refractivity contribution in [1.82, 2.24) is 0 Å². The molecular weight excluding hydrogens is 310 g/mol. The summed E-state index contributed by atoms with van der Waals surface area (Å²) >= 11 is 0. The molecule has 0 amide bonds. The molecule has 8 atom stereocenters. The Balaban J connectivity index is 1.64. The van der Waals surface area contributed by atoms with Gasteiger partial charge in [-0.3, -0.25) is 0 Å². The van der Waals surface area contributed by atoms with Crippen LogP contribution in [-0.2, 0) is 0 Å². The molecule has 3 nitrogen and oxygen atoms in total. The van der Waals surface area contributed by atoms with Crippen molar-refractivity contribution >= 4 is 5.71 Å². The third-order valence-corrected chi connectivity index (χ3v) is 10.0. The van der Waals surface area contributed by atoms with Crippen molar-refractivity contribution < 1.29 is 10.3 Å². The van der Waals surface area contributed by atoms with E-state index >= 15 is 0 Å². The average Bonchev–Trinajstić information content (AvgIpc) is 2.92. The van der Waals surface area contributed by atoms with Gasteiger partial charge in [0.25, 0.3) is 0 Å². The lowest BCUT2D eigenvalue weighted by Gasteiger charge is -2.65. The van der Waals surface area contributed by atoms with Crippen LogP contribution in [0.15, 0.2) is 5.16 Å². The summed E-state index contributed by atoms with van der Waals surface area (Å²) < 4.78 is 0. The molecule has 0 aromatic rings.